The number of nitro groups is 1. The Morgan fingerprint density at radius 2 is 2.14 bits per heavy atom. The molecule has 1 aromatic carbocycles. The average Bonchev–Trinajstić information content (AvgIpc) is 2.90. The SMILES string of the molecule is CNc1nc(C)nc2c(-c3cccc([N+](=O)[O-])c3)cnn12. The molecule has 0 fully saturated rings. The highest BCUT2D eigenvalue weighted by molar-refractivity contribution is 5.78. The Balaban J connectivity index is 2.24. The van der Waals surface area contributed by atoms with E-state index >= 15 is 0 Å². The summed E-state index contributed by atoms with van der Waals surface area (Å²) >= 11 is 0. The Morgan fingerprint density at radius 3 is 2.86 bits per heavy atom. The van der Waals surface area contributed by atoms with E-state index in [2.05, 4.69) is 20.4 Å². The minimum atomic E-state index is -0.422. The van der Waals surface area contributed by atoms with Gasteiger partial charge in [-0.15, -0.1) is 0 Å². The van der Waals surface area contributed by atoms with Gasteiger partial charge in [-0.25, -0.2) is 4.98 Å². The van der Waals surface area contributed by atoms with E-state index in [0.717, 1.165) is 5.56 Å². The van der Waals surface area contributed by atoms with Gasteiger partial charge in [0.2, 0.25) is 5.95 Å². The molecule has 2 heterocycles. The summed E-state index contributed by atoms with van der Waals surface area (Å²) in [4.78, 5) is 19.1. The predicted octanol–water partition coefficient (Wildman–Crippen LogP) is 2.05. The summed E-state index contributed by atoms with van der Waals surface area (Å²) in [6.45, 7) is 1.78. The first-order chi connectivity index (χ1) is 10.1. The molecule has 8 nitrogen and oxygen atoms in total. The molecule has 0 aliphatic carbocycles. The molecule has 0 bridgehead atoms. The maximum Gasteiger partial charge on any atom is 0.270 e. The van der Waals surface area contributed by atoms with Crippen LogP contribution in [0.15, 0.2) is 30.5 Å². The van der Waals surface area contributed by atoms with Crippen LogP contribution in [0.4, 0.5) is 11.6 Å². The number of nitrogens with zero attached hydrogens (tertiary/aromatic N) is 5. The number of hydrogen-bond donors (Lipinski definition) is 1. The number of rotatable bonds is 3. The van der Waals surface area contributed by atoms with Crippen LogP contribution in [0.25, 0.3) is 16.8 Å². The van der Waals surface area contributed by atoms with Crippen LogP contribution in [0.2, 0.25) is 0 Å². The normalized spacial score (nSPS) is 10.8. The van der Waals surface area contributed by atoms with Gasteiger partial charge in [0.05, 0.1) is 11.1 Å². The Hall–Kier alpha value is -3.03. The number of hydrogen-bond acceptors (Lipinski definition) is 6. The molecule has 21 heavy (non-hydrogen) atoms. The number of nitrogens with one attached hydrogen (secondary N) is 1. The van der Waals surface area contributed by atoms with Crippen LogP contribution in [0, 0.1) is 17.0 Å². The molecule has 0 saturated carbocycles. The largest absolute Gasteiger partial charge is 0.357 e. The molecular formula is C13H12N6O2. The molecule has 1 N–H and O–H groups in total. The summed E-state index contributed by atoms with van der Waals surface area (Å²) in [5.41, 5.74) is 2.05. The topological polar surface area (TPSA) is 98.2 Å². The quantitative estimate of drug-likeness (QED) is 0.583. The van der Waals surface area contributed by atoms with Gasteiger partial charge in [0.1, 0.15) is 5.82 Å². The third-order valence-electron chi connectivity index (χ3n) is 3.07. The molecule has 0 saturated heterocycles. The second-order valence-electron chi connectivity index (χ2n) is 4.45. The molecule has 0 aliphatic rings. The maximum absolute atomic E-state index is 10.9. The zero-order chi connectivity index (χ0) is 15.0. The first-order valence-electron chi connectivity index (χ1n) is 6.25. The fourth-order valence-corrected chi connectivity index (χ4v) is 2.14. The van der Waals surface area contributed by atoms with Gasteiger partial charge in [-0.1, -0.05) is 12.1 Å². The van der Waals surface area contributed by atoms with E-state index in [9.17, 15) is 10.1 Å². The Labute approximate surface area is 119 Å². The molecule has 2 aromatic heterocycles. The van der Waals surface area contributed by atoms with Crippen molar-refractivity contribution in [3.05, 3.63) is 46.4 Å². The van der Waals surface area contributed by atoms with E-state index in [-0.39, 0.29) is 5.69 Å². The van der Waals surface area contributed by atoms with E-state index in [0.29, 0.717) is 23.0 Å². The molecule has 106 valence electrons. The standard InChI is InChI=1S/C13H12N6O2/c1-8-16-12-11(7-15-18(12)13(14-2)17-8)9-4-3-5-10(6-9)19(20)21/h3-7H,1-2H3,(H,14,16,17). The van der Waals surface area contributed by atoms with Crippen molar-refractivity contribution in [1.82, 2.24) is 19.6 Å². The summed E-state index contributed by atoms with van der Waals surface area (Å²) in [5, 5.41) is 18.1. The highest BCUT2D eigenvalue weighted by atomic mass is 16.6. The van der Waals surface area contributed by atoms with Gasteiger partial charge in [0.25, 0.3) is 5.69 Å². The van der Waals surface area contributed by atoms with Gasteiger partial charge < -0.3 is 5.32 Å². The lowest BCUT2D eigenvalue weighted by atomic mass is 10.1. The zero-order valence-corrected chi connectivity index (χ0v) is 11.4. The van der Waals surface area contributed by atoms with E-state index < -0.39 is 4.92 Å². The zero-order valence-electron chi connectivity index (χ0n) is 11.4. The molecule has 0 spiro atoms. The van der Waals surface area contributed by atoms with Gasteiger partial charge in [0.15, 0.2) is 5.65 Å². The summed E-state index contributed by atoms with van der Waals surface area (Å²) in [6, 6.07) is 6.40. The molecule has 3 rings (SSSR count). The van der Waals surface area contributed by atoms with Crippen molar-refractivity contribution >= 4 is 17.3 Å². The Bertz CT molecular complexity index is 842. The number of non-ortho nitro benzene ring substituents is 1. The predicted molar refractivity (Wildman–Crippen MR) is 77.2 cm³/mol. The van der Waals surface area contributed by atoms with E-state index in [1.807, 2.05) is 0 Å². The third-order valence-corrected chi connectivity index (χ3v) is 3.07. The molecule has 0 unspecified atom stereocenters. The monoisotopic (exact) mass is 284 g/mol. The fourth-order valence-electron chi connectivity index (χ4n) is 2.14. The van der Waals surface area contributed by atoms with Crippen molar-refractivity contribution in [1.29, 1.82) is 0 Å². The van der Waals surface area contributed by atoms with Crippen molar-refractivity contribution in [2.75, 3.05) is 12.4 Å². The minimum absolute atomic E-state index is 0.0338. The summed E-state index contributed by atoms with van der Waals surface area (Å²) in [5.74, 6) is 1.16. The fraction of sp³-hybridized carbons (Fsp3) is 0.154. The number of fused-ring (bicyclic) bond motifs is 1. The number of nitro benzene ring substituents is 1. The molecule has 0 atom stereocenters. The Kier molecular flexibility index (Phi) is 2.98. The van der Waals surface area contributed by atoms with E-state index in [1.54, 1.807) is 36.8 Å². The number of benzene rings is 1. The van der Waals surface area contributed by atoms with Crippen LogP contribution in [-0.2, 0) is 0 Å². The van der Waals surface area contributed by atoms with Gasteiger partial charge >= 0.3 is 0 Å². The van der Waals surface area contributed by atoms with Crippen molar-refractivity contribution in [3.8, 4) is 11.1 Å². The molecule has 0 amide bonds. The van der Waals surface area contributed by atoms with E-state index in [4.69, 9.17) is 0 Å². The molecule has 3 aromatic rings. The lowest BCUT2D eigenvalue weighted by molar-refractivity contribution is -0.384. The van der Waals surface area contributed by atoms with Crippen molar-refractivity contribution in [3.63, 3.8) is 0 Å². The highest BCUT2D eigenvalue weighted by Gasteiger charge is 2.14. The van der Waals surface area contributed by atoms with Crippen LogP contribution < -0.4 is 5.32 Å². The highest BCUT2D eigenvalue weighted by Crippen LogP contribution is 2.27. The van der Waals surface area contributed by atoms with Crippen molar-refractivity contribution in [2.45, 2.75) is 6.92 Å². The van der Waals surface area contributed by atoms with Crippen molar-refractivity contribution < 1.29 is 4.92 Å². The van der Waals surface area contributed by atoms with Gasteiger partial charge in [-0.2, -0.15) is 14.6 Å². The number of aromatic nitrogens is 4. The van der Waals surface area contributed by atoms with Crippen LogP contribution in [0.3, 0.4) is 0 Å². The lowest BCUT2D eigenvalue weighted by Gasteiger charge is -2.04. The summed E-state index contributed by atoms with van der Waals surface area (Å²) in [6.07, 6.45) is 1.63. The second-order valence-corrected chi connectivity index (χ2v) is 4.45. The van der Waals surface area contributed by atoms with Gasteiger partial charge in [-0.05, 0) is 12.5 Å². The smallest absolute Gasteiger partial charge is 0.270 e. The molecule has 0 radical (unpaired) electrons. The van der Waals surface area contributed by atoms with Crippen LogP contribution in [0.1, 0.15) is 5.82 Å². The second kappa shape index (κ2) is 4.82. The first kappa shape index (κ1) is 13.0. The van der Waals surface area contributed by atoms with Crippen molar-refractivity contribution in [2.24, 2.45) is 0 Å². The molecule has 8 heteroatoms. The maximum atomic E-state index is 10.9. The van der Waals surface area contributed by atoms with Gasteiger partial charge in [-0.3, -0.25) is 10.1 Å². The van der Waals surface area contributed by atoms with Gasteiger partial charge in [0, 0.05) is 24.7 Å². The molecular weight excluding hydrogens is 272 g/mol. The van der Waals surface area contributed by atoms with Crippen LogP contribution >= 0.6 is 0 Å². The first-order valence-corrected chi connectivity index (χ1v) is 6.25. The Morgan fingerprint density at radius 1 is 1.33 bits per heavy atom. The molecule has 0 aliphatic heterocycles. The minimum Gasteiger partial charge on any atom is -0.357 e. The summed E-state index contributed by atoms with van der Waals surface area (Å²) < 4.78 is 1.57. The summed E-state index contributed by atoms with van der Waals surface area (Å²) in [7, 11) is 1.75. The third kappa shape index (κ3) is 2.16. The lowest BCUT2D eigenvalue weighted by Crippen LogP contribution is -2.05. The van der Waals surface area contributed by atoms with Crippen LogP contribution in [-0.4, -0.2) is 31.6 Å². The number of anilines is 1. The average molecular weight is 284 g/mol. The van der Waals surface area contributed by atoms with E-state index in [1.165, 1.54) is 12.1 Å². The van der Waals surface area contributed by atoms with Crippen LogP contribution in [0.5, 0.6) is 0 Å². The number of aryl methyl sites for hydroxylation is 1.